The first-order valence-electron chi connectivity index (χ1n) is 10.7. The number of carbonyl (C=O) groups is 1. The number of para-hydroxylation sites is 1. The van der Waals surface area contributed by atoms with Gasteiger partial charge in [0.1, 0.15) is 24.3 Å². The highest BCUT2D eigenvalue weighted by Crippen LogP contribution is 2.49. The molecule has 32 heavy (non-hydrogen) atoms. The van der Waals surface area contributed by atoms with Crippen molar-refractivity contribution in [3.8, 4) is 5.75 Å². The van der Waals surface area contributed by atoms with Crippen LogP contribution < -0.4 is 9.64 Å². The van der Waals surface area contributed by atoms with Gasteiger partial charge in [-0.3, -0.25) is 4.79 Å². The lowest BCUT2D eigenvalue weighted by Crippen LogP contribution is -2.47. The van der Waals surface area contributed by atoms with Crippen LogP contribution in [0.4, 0.5) is 10.1 Å². The summed E-state index contributed by atoms with van der Waals surface area (Å²) >= 11 is 0. The van der Waals surface area contributed by atoms with E-state index in [1.165, 1.54) is 12.1 Å². The number of nitrogens with zero attached hydrogens (tertiary/aromatic N) is 1. The summed E-state index contributed by atoms with van der Waals surface area (Å²) in [4.78, 5) is 15.7. The van der Waals surface area contributed by atoms with Gasteiger partial charge in [-0.1, -0.05) is 66.2 Å². The van der Waals surface area contributed by atoms with Crippen LogP contribution in [0, 0.1) is 5.82 Å². The van der Waals surface area contributed by atoms with Crippen molar-refractivity contribution in [2.75, 3.05) is 11.5 Å². The van der Waals surface area contributed by atoms with Gasteiger partial charge >= 0.3 is 0 Å². The van der Waals surface area contributed by atoms with Crippen molar-refractivity contribution < 1.29 is 18.7 Å². The van der Waals surface area contributed by atoms with E-state index in [2.05, 4.69) is 0 Å². The van der Waals surface area contributed by atoms with Gasteiger partial charge in [0.2, 0.25) is 0 Å². The van der Waals surface area contributed by atoms with E-state index in [4.69, 9.17) is 9.47 Å². The normalized spacial score (nSPS) is 22.1. The smallest absolute Gasteiger partial charge is 0.264 e. The van der Waals surface area contributed by atoms with Gasteiger partial charge in [0.15, 0.2) is 5.60 Å². The molecule has 0 aromatic heterocycles. The lowest BCUT2D eigenvalue weighted by Gasteiger charge is -2.36. The van der Waals surface area contributed by atoms with E-state index in [-0.39, 0.29) is 18.3 Å². The standard InChI is InChI=1S/C27H24FNO3/c1-19-14-23(18-31-22-11-7-10-21(28)15-22)32-27(16-19)24-12-5-6-13-25(24)29(26(27)30)17-20-8-3-2-4-9-20/h2-15,23H,16-18H2,1H3/t23-,27+/m1/s1. The van der Waals surface area contributed by atoms with Gasteiger partial charge in [-0.15, -0.1) is 0 Å². The highest BCUT2D eigenvalue weighted by molar-refractivity contribution is 6.07. The summed E-state index contributed by atoms with van der Waals surface area (Å²) < 4.78 is 25.8. The minimum Gasteiger partial charge on any atom is -0.490 e. The zero-order valence-electron chi connectivity index (χ0n) is 17.8. The van der Waals surface area contributed by atoms with Gasteiger partial charge in [0.25, 0.3) is 5.91 Å². The van der Waals surface area contributed by atoms with E-state index >= 15 is 0 Å². The number of fused-ring (bicyclic) bond motifs is 2. The molecule has 1 spiro atoms. The summed E-state index contributed by atoms with van der Waals surface area (Å²) in [5.41, 5.74) is 2.79. The lowest BCUT2D eigenvalue weighted by atomic mass is 9.85. The number of hydrogen-bond donors (Lipinski definition) is 0. The van der Waals surface area contributed by atoms with Gasteiger partial charge in [-0.2, -0.15) is 0 Å². The molecular formula is C27H24FNO3. The zero-order valence-corrected chi connectivity index (χ0v) is 17.8. The molecule has 4 nitrogen and oxygen atoms in total. The van der Waals surface area contributed by atoms with Gasteiger partial charge in [0.05, 0.1) is 12.2 Å². The Labute approximate surface area is 186 Å². The Morgan fingerprint density at radius 2 is 1.84 bits per heavy atom. The van der Waals surface area contributed by atoms with E-state index in [9.17, 15) is 9.18 Å². The van der Waals surface area contributed by atoms with Crippen molar-refractivity contribution in [2.24, 2.45) is 0 Å². The summed E-state index contributed by atoms with van der Waals surface area (Å²) in [7, 11) is 0. The molecule has 5 heteroatoms. The number of halogens is 1. The Hall–Kier alpha value is -3.44. The fourth-order valence-electron chi connectivity index (χ4n) is 4.62. The SMILES string of the molecule is CC1=C[C@H](COc2cccc(F)c2)O[C@]2(C1)C(=O)N(Cc1ccccc1)c1ccccc12. The molecule has 1 amide bonds. The predicted octanol–water partition coefficient (Wildman–Crippen LogP) is 5.38. The Morgan fingerprint density at radius 1 is 1.06 bits per heavy atom. The molecule has 162 valence electrons. The van der Waals surface area contributed by atoms with Gasteiger partial charge in [-0.05, 0) is 30.7 Å². The molecule has 0 saturated carbocycles. The molecule has 0 saturated heterocycles. The largest absolute Gasteiger partial charge is 0.490 e. The molecule has 2 aliphatic rings. The van der Waals surface area contributed by atoms with E-state index in [1.807, 2.05) is 72.5 Å². The third-order valence-corrected chi connectivity index (χ3v) is 5.97. The van der Waals surface area contributed by atoms with Crippen molar-refractivity contribution in [2.45, 2.75) is 31.6 Å². The summed E-state index contributed by atoms with van der Waals surface area (Å²) in [6, 6.07) is 23.8. The van der Waals surface area contributed by atoms with Crippen LogP contribution in [-0.4, -0.2) is 18.6 Å². The fraction of sp³-hybridized carbons (Fsp3) is 0.222. The van der Waals surface area contributed by atoms with Crippen LogP contribution in [0.15, 0.2) is 90.5 Å². The first-order chi connectivity index (χ1) is 15.5. The van der Waals surface area contributed by atoms with E-state index in [0.29, 0.717) is 18.7 Å². The Morgan fingerprint density at radius 3 is 2.66 bits per heavy atom. The number of hydrogen-bond acceptors (Lipinski definition) is 3. The van der Waals surface area contributed by atoms with Crippen LogP contribution in [0.25, 0.3) is 0 Å². The zero-order chi connectivity index (χ0) is 22.1. The number of anilines is 1. The minimum absolute atomic E-state index is 0.0641. The second-order valence-electron chi connectivity index (χ2n) is 8.34. The molecular weight excluding hydrogens is 405 g/mol. The van der Waals surface area contributed by atoms with E-state index in [1.54, 1.807) is 12.1 Å². The molecule has 3 aromatic carbocycles. The first kappa shape index (κ1) is 20.5. The Bertz CT molecular complexity index is 1180. The molecule has 0 bridgehead atoms. The monoisotopic (exact) mass is 429 g/mol. The molecule has 0 unspecified atom stereocenters. The average Bonchev–Trinajstić information content (AvgIpc) is 3.01. The van der Waals surface area contributed by atoms with Crippen LogP contribution in [0.3, 0.4) is 0 Å². The number of carbonyl (C=O) groups excluding carboxylic acids is 1. The topological polar surface area (TPSA) is 38.8 Å². The molecule has 2 atom stereocenters. The average molecular weight is 429 g/mol. The maximum Gasteiger partial charge on any atom is 0.264 e. The number of amides is 1. The number of ether oxygens (including phenoxy) is 2. The minimum atomic E-state index is -1.08. The van der Waals surface area contributed by atoms with Gasteiger partial charge in [-0.25, -0.2) is 4.39 Å². The van der Waals surface area contributed by atoms with Crippen molar-refractivity contribution >= 4 is 11.6 Å². The number of benzene rings is 3. The van der Waals surface area contributed by atoms with Crippen LogP contribution in [-0.2, 0) is 21.7 Å². The fourth-order valence-corrected chi connectivity index (χ4v) is 4.62. The molecule has 2 heterocycles. The Kier molecular flexibility index (Phi) is 5.27. The van der Waals surface area contributed by atoms with Crippen molar-refractivity contribution in [1.82, 2.24) is 0 Å². The van der Waals surface area contributed by atoms with Crippen LogP contribution in [0.2, 0.25) is 0 Å². The summed E-state index contributed by atoms with van der Waals surface area (Å²) in [6.45, 7) is 2.68. The maximum atomic E-state index is 13.8. The Balaban J connectivity index is 1.44. The molecule has 0 radical (unpaired) electrons. The van der Waals surface area contributed by atoms with Crippen molar-refractivity contribution in [3.63, 3.8) is 0 Å². The third kappa shape index (κ3) is 3.69. The van der Waals surface area contributed by atoms with Crippen molar-refractivity contribution in [1.29, 1.82) is 0 Å². The molecule has 3 aromatic rings. The van der Waals surface area contributed by atoms with E-state index < -0.39 is 11.7 Å². The van der Waals surface area contributed by atoms with Crippen LogP contribution in [0.5, 0.6) is 5.75 Å². The third-order valence-electron chi connectivity index (χ3n) is 5.97. The van der Waals surface area contributed by atoms with Crippen LogP contribution in [0.1, 0.15) is 24.5 Å². The quantitative estimate of drug-likeness (QED) is 0.511. The number of rotatable bonds is 5. The maximum absolute atomic E-state index is 13.8. The lowest BCUT2D eigenvalue weighted by molar-refractivity contribution is -0.153. The first-order valence-corrected chi connectivity index (χ1v) is 10.7. The highest BCUT2D eigenvalue weighted by Gasteiger charge is 2.54. The van der Waals surface area contributed by atoms with Crippen molar-refractivity contribution in [3.05, 3.63) is 107 Å². The van der Waals surface area contributed by atoms with Gasteiger partial charge in [0, 0.05) is 18.1 Å². The summed E-state index contributed by atoms with van der Waals surface area (Å²) in [5, 5.41) is 0. The molecule has 5 rings (SSSR count). The van der Waals surface area contributed by atoms with E-state index in [0.717, 1.165) is 22.4 Å². The highest BCUT2D eigenvalue weighted by atomic mass is 19.1. The summed E-state index contributed by atoms with van der Waals surface area (Å²) in [6.07, 6.45) is 2.05. The predicted molar refractivity (Wildman–Crippen MR) is 121 cm³/mol. The molecule has 0 fully saturated rings. The second kappa shape index (κ2) is 8.24. The molecule has 0 aliphatic carbocycles. The molecule has 0 N–H and O–H groups in total. The van der Waals surface area contributed by atoms with Crippen LogP contribution >= 0.6 is 0 Å². The summed E-state index contributed by atoms with van der Waals surface area (Å²) in [5.74, 6) is 0.0144. The second-order valence-corrected chi connectivity index (χ2v) is 8.34. The molecule has 2 aliphatic heterocycles. The van der Waals surface area contributed by atoms with Gasteiger partial charge < -0.3 is 14.4 Å².